The fourth-order valence-electron chi connectivity index (χ4n) is 5.76. The van der Waals surface area contributed by atoms with Crippen molar-refractivity contribution < 1.29 is 14.7 Å². The number of likely N-dealkylation sites (tertiary alicyclic amines) is 1. The maximum Gasteiger partial charge on any atom is 0.245 e. The van der Waals surface area contributed by atoms with Crippen LogP contribution in [0.2, 0.25) is 0 Å². The normalized spacial score (nSPS) is 20.9. The maximum absolute atomic E-state index is 14.0. The summed E-state index contributed by atoms with van der Waals surface area (Å²) in [6.07, 6.45) is 5.85. The highest BCUT2D eigenvalue weighted by atomic mass is 32.1. The van der Waals surface area contributed by atoms with E-state index in [1.54, 1.807) is 25.3 Å². The predicted molar refractivity (Wildman–Crippen MR) is 160 cm³/mol. The maximum atomic E-state index is 14.0. The number of hydrogen-bond acceptors (Lipinski definition) is 6. The second kappa shape index (κ2) is 12.8. The molecular weight excluding hydrogens is 508 g/mol. The molecule has 1 aliphatic carbocycles. The van der Waals surface area contributed by atoms with Gasteiger partial charge in [-0.15, -0.1) is 11.3 Å². The van der Waals surface area contributed by atoms with E-state index in [4.69, 9.17) is 0 Å². The Bertz CT molecular complexity index is 1110. The third-order valence-corrected chi connectivity index (χ3v) is 9.79. The number of likely N-dealkylation sites (N-methyl/N-ethyl adjacent to an activating group) is 1. The summed E-state index contributed by atoms with van der Waals surface area (Å²) in [5.74, 6) is -0.0923. The van der Waals surface area contributed by atoms with Gasteiger partial charge in [0.2, 0.25) is 11.8 Å². The number of rotatable bonds is 9. The SMILES string of the molecule is CN[C@@H](C)C(=O)N[C@H](C(=O)N1CCC[C@H]1C(O)Nc1sc(C(C)(C)C)cc1-c1ccccc1)C1CCCCC1. The van der Waals surface area contributed by atoms with E-state index in [0.29, 0.717) is 6.54 Å². The number of carbonyl (C=O) groups excluding carboxylic acids is 2. The number of thiophene rings is 1. The summed E-state index contributed by atoms with van der Waals surface area (Å²) < 4.78 is 0. The van der Waals surface area contributed by atoms with Crippen LogP contribution in [0.5, 0.6) is 0 Å². The lowest BCUT2D eigenvalue weighted by Crippen LogP contribution is -2.58. The van der Waals surface area contributed by atoms with Crippen molar-refractivity contribution in [3.05, 3.63) is 41.3 Å². The molecule has 0 spiro atoms. The molecule has 1 aromatic heterocycles. The van der Waals surface area contributed by atoms with Crippen molar-refractivity contribution in [1.29, 1.82) is 0 Å². The van der Waals surface area contributed by atoms with E-state index < -0.39 is 12.3 Å². The van der Waals surface area contributed by atoms with Gasteiger partial charge in [-0.25, -0.2) is 0 Å². The number of benzene rings is 1. The fraction of sp³-hybridized carbons (Fsp3) is 0.613. The molecule has 2 aliphatic rings. The Morgan fingerprint density at radius 3 is 2.38 bits per heavy atom. The third kappa shape index (κ3) is 7.02. The molecule has 1 unspecified atom stereocenters. The van der Waals surface area contributed by atoms with Crippen LogP contribution in [-0.4, -0.2) is 59.8 Å². The summed E-state index contributed by atoms with van der Waals surface area (Å²) in [4.78, 5) is 29.9. The number of amides is 2. The minimum Gasteiger partial charge on any atom is -0.372 e. The average molecular weight is 555 g/mol. The number of anilines is 1. The summed E-state index contributed by atoms with van der Waals surface area (Å²) in [6.45, 7) is 8.98. The molecular formula is C31H46N4O3S. The molecule has 1 saturated carbocycles. The highest BCUT2D eigenvalue weighted by Crippen LogP contribution is 2.42. The van der Waals surface area contributed by atoms with Crippen LogP contribution in [-0.2, 0) is 15.0 Å². The molecule has 39 heavy (non-hydrogen) atoms. The van der Waals surface area contributed by atoms with Gasteiger partial charge in [0.1, 0.15) is 12.3 Å². The largest absolute Gasteiger partial charge is 0.372 e. The number of carbonyl (C=O) groups is 2. The summed E-state index contributed by atoms with van der Waals surface area (Å²) >= 11 is 1.66. The number of hydrogen-bond donors (Lipinski definition) is 4. The van der Waals surface area contributed by atoms with Gasteiger partial charge in [-0.2, -0.15) is 0 Å². The summed E-state index contributed by atoms with van der Waals surface area (Å²) in [5.41, 5.74) is 2.13. The standard InChI is InChI=1S/C31H46N4O3S/c1-20(32-5)27(36)33-26(22-15-10-7-11-16-22)30(38)35-18-12-17-24(35)28(37)34-29-23(21-13-8-6-9-14-21)19-25(39-29)31(2,3)4/h6,8-9,13-14,19-20,22,24,26,28,32,34,37H,7,10-12,15-18H2,1-5H3,(H,33,36)/t20-,24-,26-,28?/m0/s1. The van der Waals surface area contributed by atoms with Crippen LogP contribution >= 0.6 is 11.3 Å². The van der Waals surface area contributed by atoms with Crippen LogP contribution in [0.25, 0.3) is 11.1 Å². The molecule has 0 bridgehead atoms. The zero-order chi connectivity index (χ0) is 28.2. The fourth-order valence-corrected chi connectivity index (χ4v) is 6.93. The van der Waals surface area contributed by atoms with Crippen molar-refractivity contribution in [2.24, 2.45) is 5.92 Å². The molecule has 0 radical (unpaired) electrons. The number of nitrogens with one attached hydrogen (secondary N) is 3. The van der Waals surface area contributed by atoms with E-state index in [1.165, 1.54) is 11.3 Å². The summed E-state index contributed by atoms with van der Waals surface area (Å²) in [7, 11) is 1.75. The average Bonchev–Trinajstić information content (AvgIpc) is 3.59. The van der Waals surface area contributed by atoms with Crippen LogP contribution in [0.1, 0.15) is 77.5 Å². The zero-order valence-corrected chi connectivity index (χ0v) is 24.9. The second-order valence-corrected chi connectivity index (χ2v) is 13.2. The van der Waals surface area contributed by atoms with Crippen LogP contribution in [0.3, 0.4) is 0 Å². The van der Waals surface area contributed by atoms with Crippen molar-refractivity contribution in [2.75, 3.05) is 18.9 Å². The van der Waals surface area contributed by atoms with Crippen molar-refractivity contribution in [2.45, 2.75) is 102 Å². The lowest BCUT2D eigenvalue weighted by atomic mass is 9.83. The van der Waals surface area contributed by atoms with Gasteiger partial charge in [0.25, 0.3) is 0 Å². The van der Waals surface area contributed by atoms with Crippen molar-refractivity contribution in [3.63, 3.8) is 0 Å². The molecule has 7 nitrogen and oxygen atoms in total. The second-order valence-electron chi connectivity index (χ2n) is 12.2. The van der Waals surface area contributed by atoms with Gasteiger partial charge in [-0.1, -0.05) is 70.4 Å². The highest BCUT2D eigenvalue weighted by Gasteiger charge is 2.41. The van der Waals surface area contributed by atoms with Gasteiger partial charge < -0.3 is 26.0 Å². The molecule has 1 aliphatic heterocycles. The first kappa shape index (κ1) is 29.6. The van der Waals surface area contributed by atoms with Gasteiger partial charge in [0.05, 0.1) is 17.1 Å². The molecule has 4 N–H and O–H groups in total. The topological polar surface area (TPSA) is 93.7 Å². The van der Waals surface area contributed by atoms with E-state index >= 15 is 0 Å². The number of aliphatic hydroxyl groups is 1. The zero-order valence-electron chi connectivity index (χ0n) is 24.1. The number of nitrogens with zero attached hydrogens (tertiary/aromatic N) is 1. The van der Waals surface area contributed by atoms with Gasteiger partial charge in [0, 0.05) is 17.0 Å². The Morgan fingerprint density at radius 1 is 1.05 bits per heavy atom. The summed E-state index contributed by atoms with van der Waals surface area (Å²) in [5, 5.41) is 21.9. The monoisotopic (exact) mass is 554 g/mol. The Morgan fingerprint density at radius 2 is 1.74 bits per heavy atom. The van der Waals surface area contributed by atoms with Crippen molar-refractivity contribution >= 4 is 28.2 Å². The van der Waals surface area contributed by atoms with Gasteiger partial charge in [-0.3, -0.25) is 9.59 Å². The van der Waals surface area contributed by atoms with Gasteiger partial charge >= 0.3 is 0 Å². The van der Waals surface area contributed by atoms with E-state index in [0.717, 1.165) is 54.7 Å². The predicted octanol–water partition coefficient (Wildman–Crippen LogP) is 5.11. The molecule has 8 heteroatoms. The molecule has 1 saturated heterocycles. The first-order chi connectivity index (χ1) is 18.6. The minimum absolute atomic E-state index is 0.0235. The lowest BCUT2D eigenvalue weighted by Gasteiger charge is -2.36. The first-order valence-corrected chi connectivity index (χ1v) is 15.3. The molecule has 4 atom stereocenters. The first-order valence-electron chi connectivity index (χ1n) is 14.5. The Balaban J connectivity index is 1.56. The minimum atomic E-state index is -0.913. The quantitative estimate of drug-likeness (QED) is 0.324. The van der Waals surface area contributed by atoms with Crippen LogP contribution < -0.4 is 16.0 Å². The van der Waals surface area contributed by atoms with E-state index in [-0.39, 0.29) is 35.2 Å². The highest BCUT2D eigenvalue weighted by molar-refractivity contribution is 7.16. The smallest absolute Gasteiger partial charge is 0.245 e. The Hall–Kier alpha value is -2.42. The van der Waals surface area contributed by atoms with E-state index in [1.807, 2.05) is 23.1 Å². The van der Waals surface area contributed by atoms with Crippen LogP contribution in [0.4, 0.5) is 5.00 Å². The molecule has 1 aromatic carbocycles. The van der Waals surface area contributed by atoms with E-state index in [2.05, 4.69) is 54.9 Å². The molecule has 2 fully saturated rings. The Kier molecular flexibility index (Phi) is 9.73. The Labute approximate surface area is 237 Å². The molecule has 2 aromatic rings. The molecule has 2 amide bonds. The lowest BCUT2D eigenvalue weighted by molar-refractivity contribution is -0.141. The van der Waals surface area contributed by atoms with Crippen molar-refractivity contribution in [1.82, 2.24) is 15.5 Å². The summed E-state index contributed by atoms with van der Waals surface area (Å²) in [6, 6.07) is 11.1. The number of aliphatic hydroxyl groups excluding tert-OH is 1. The third-order valence-electron chi connectivity index (χ3n) is 8.29. The molecule has 214 valence electrons. The van der Waals surface area contributed by atoms with E-state index in [9.17, 15) is 14.7 Å². The molecule has 4 rings (SSSR count). The molecule has 2 heterocycles. The van der Waals surface area contributed by atoms with Crippen LogP contribution in [0, 0.1) is 5.92 Å². The van der Waals surface area contributed by atoms with Gasteiger partial charge in [-0.05, 0) is 62.6 Å². The van der Waals surface area contributed by atoms with Crippen molar-refractivity contribution in [3.8, 4) is 11.1 Å². The van der Waals surface area contributed by atoms with Crippen LogP contribution in [0.15, 0.2) is 36.4 Å². The van der Waals surface area contributed by atoms with Gasteiger partial charge in [0.15, 0.2) is 0 Å².